The van der Waals surface area contributed by atoms with Gasteiger partial charge < -0.3 is 22.8 Å². The predicted molar refractivity (Wildman–Crippen MR) is 578 cm³/mol. The minimum absolute atomic E-state index is 0.186. The average Bonchev–Trinajstić information content (AvgIpc) is 1.56. The third-order valence-electron chi connectivity index (χ3n) is 29.6. The van der Waals surface area contributed by atoms with Gasteiger partial charge in [0.2, 0.25) is 0 Å². The molecule has 0 N–H and O–H groups in total. The van der Waals surface area contributed by atoms with E-state index in [1.807, 2.05) is 0 Å². The van der Waals surface area contributed by atoms with Gasteiger partial charge >= 0.3 is 0 Å². The average molecular weight is 1760 g/mol. The molecule has 0 saturated carbocycles. The lowest BCUT2D eigenvalue weighted by atomic mass is 9.79. The normalized spacial score (nSPS) is 12.6. The lowest BCUT2D eigenvalue weighted by molar-refractivity contribution is 0.662. The van der Waals surface area contributed by atoms with E-state index >= 15 is 0 Å². The lowest BCUT2D eigenvalue weighted by Gasteiger charge is -2.24. The summed E-state index contributed by atoms with van der Waals surface area (Å²) < 4.78 is 12.1. The molecule has 30 rings (SSSR count). The third kappa shape index (κ3) is 11.6. The van der Waals surface area contributed by atoms with Crippen LogP contribution < -0.4 is 0 Å². The van der Waals surface area contributed by atoms with Gasteiger partial charge in [-0.25, -0.2) is 19.9 Å². The first kappa shape index (κ1) is 77.4. The summed E-state index contributed by atoms with van der Waals surface area (Å²) in [4.78, 5) is 21.4. The number of hydrogen-bond acceptors (Lipinski definition) is 4. The summed E-state index contributed by atoms with van der Waals surface area (Å²) in [5.74, 6) is 1.41. The Morgan fingerprint density at radius 1 is 0.188 bits per heavy atom. The Labute approximate surface area is 792 Å². The number of benzene rings is 22. The molecule has 7 heterocycles. The number of aromatic nitrogens is 9. The summed E-state index contributed by atoms with van der Waals surface area (Å²) >= 11 is 0. The second-order valence-corrected chi connectivity index (χ2v) is 37.4. The number of hydrogen-bond donors (Lipinski definition) is 0. The molecule has 0 atom stereocenters. The number of para-hydroxylation sites is 8. The maximum absolute atomic E-state index is 5.51. The largest absolute Gasteiger partial charge is 0.309 e. The van der Waals surface area contributed by atoms with Crippen LogP contribution in [0.25, 0.3) is 270 Å². The van der Waals surface area contributed by atoms with Crippen LogP contribution in [0.4, 0.5) is 0 Å². The number of nitrogens with zero attached hydrogens (tertiary/aromatic N) is 9. The third-order valence-corrected chi connectivity index (χ3v) is 29.6. The molecule has 9 heteroatoms. The lowest BCUT2D eigenvalue weighted by Crippen LogP contribution is -2.16. The molecule has 9 nitrogen and oxygen atoms in total. The van der Waals surface area contributed by atoms with Gasteiger partial charge in [-0.3, -0.25) is 0 Å². The van der Waals surface area contributed by atoms with Crippen LogP contribution in [0.3, 0.4) is 0 Å². The van der Waals surface area contributed by atoms with Gasteiger partial charge in [-0.05, 0) is 211 Å². The number of rotatable bonds is 9. The van der Waals surface area contributed by atoms with Crippen LogP contribution in [-0.2, 0) is 5.41 Å². The Morgan fingerprint density at radius 2 is 0.587 bits per heavy atom. The quantitative estimate of drug-likeness (QED) is 0.144. The van der Waals surface area contributed by atoms with Gasteiger partial charge in [0.15, 0.2) is 11.6 Å². The molecule has 7 aromatic heterocycles. The molecule has 0 aliphatic heterocycles. The summed E-state index contributed by atoms with van der Waals surface area (Å²) in [6.07, 6.45) is 0. The second-order valence-electron chi connectivity index (χ2n) is 37.4. The second kappa shape index (κ2) is 29.9. The smallest absolute Gasteiger partial charge is 0.160 e. The first-order valence-corrected chi connectivity index (χ1v) is 47.5. The van der Waals surface area contributed by atoms with Gasteiger partial charge in [0, 0.05) is 120 Å². The fourth-order valence-electron chi connectivity index (χ4n) is 23.5. The SMILES string of the molecule is CC1(C)c2ccccc2-c2cccc(-c3nc(-c4cccc(-n5c6ccccc6c6cc7c(-n8c9ccccc9c9c%10ccccc%10ccc98)cccc7cc65)c4)nc4ccccc34)c21.c1ccc(-n2c3ccccc3c3cc(-c4nc(-c5ccc6ccc(-n7c8ccccc8c8cc9c(-n%10c%11ccccc%11c%11c%12ccccc%12ccc%11%10)cccc9cc87)cc6c5)nc5ccccc45)ccc32)cc1. The van der Waals surface area contributed by atoms with Gasteiger partial charge in [-0.1, -0.05) is 323 Å². The molecular weight excluding hydrogens is 1680 g/mol. The van der Waals surface area contributed by atoms with Crippen LogP contribution in [0.5, 0.6) is 0 Å². The Kier molecular flexibility index (Phi) is 16.8. The molecule has 0 fully saturated rings. The van der Waals surface area contributed by atoms with E-state index in [-0.39, 0.29) is 5.41 Å². The highest BCUT2D eigenvalue weighted by Crippen LogP contribution is 2.54. The molecule has 0 bridgehead atoms. The highest BCUT2D eigenvalue weighted by Gasteiger charge is 2.38. The van der Waals surface area contributed by atoms with Gasteiger partial charge in [-0.2, -0.15) is 0 Å². The van der Waals surface area contributed by atoms with Crippen molar-refractivity contribution in [3.05, 3.63) is 466 Å². The molecule has 0 spiro atoms. The fourth-order valence-corrected chi connectivity index (χ4v) is 23.5. The van der Waals surface area contributed by atoms with Crippen LogP contribution >= 0.6 is 0 Å². The van der Waals surface area contributed by atoms with E-state index in [2.05, 4.69) is 492 Å². The van der Waals surface area contributed by atoms with Crippen molar-refractivity contribution >= 4 is 185 Å². The zero-order valence-electron chi connectivity index (χ0n) is 75.3. The Balaban J connectivity index is 0.000000134. The van der Waals surface area contributed by atoms with Crippen molar-refractivity contribution < 1.29 is 0 Å². The standard InChI is InChI=1S/C68H41N5.C61H40N4/c1-2-17-48(18-3-1)71-59-25-11-7-20-51(59)56-39-45(33-35-63(56)71)67-53-22-6-10-24-58(53)69-68(70-67)46-30-29-42-31-34-49(38-47(42)37-46)72-60-26-12-8-21-52(60)57-41-55-44(40-65(57)72)16-14-28-62(55)73-61-27-13-9-23-54(61)66-50-19-5-4-15-43(50)32-36-64(66)73;1-61(2)50-27-9-5-21-42(50)44-25-15-26-47(58(44)61)59-45-23-6-10-28-51(45)62-60(63-59)39-18-13-19-40(34-39)64-52-29-11-7-22-43(52)49-36-48-38(35-56(49)64)17-14-31-54(48)65-53-30-12-8-24-46(53)57-41-20-4-3-16-37(41)32-33-55(57)65/h1-41H;3-36H,1-2H3. The first-order chi connectivity index (χ1) is 68.2. The molecule has 0 amide bonds. The molecule has 642 valence electrons. The zero-order valence-corrected chi connectivity index (χ0v) is 75.3. The van der Waals surface area contributed by atoms with Gasteiger partial charge in [-0.15, -0.1) is 0 Å². The van der Waals surface area contributed by atoms with Gasteiger partial charge in [0.25, 0.3) is 0 Å². The maximum atomic E-state index is 5.51. The van der Waals surface area contributed by atoms with Crippen molar-refractivity contribution in [3.63, 3.8) is 0 Å². The summed E-state index contributed by atoms with van der Waals surface area (Å²) in [6, 6.07) is 166. The molecule has 1 aliphatic rings. The monoisotopic (exact) mass is 1760 g/mol. The van der Waals surface area contributed by atoms with Gasteiger partial charge in [0.1, 0.15) is 0 Å². The highest BCUT2D eigenvalue weighted by molar-refractivity contribution is 6.25. The highest BCUT2D eigenvalue weighted by atomic mass is 15.0. The Bertz CT molecular complexity index is 10300. The van der Waals surface area contributed by atoms with Gasteiger partial charge in [0.05, 0.1) is 89.0 Å². The molecule has 138 heavy (non-hydrogen) atoms. The van der Waals surface area contributed by atoms with Crippen molar-refractivity contribution in [2.45, 2.75) is 19.3 Å². The van der Waals surface area contributed by atoms with Crippen LogP contribution in [0, 0.1) is 0 Å². The minimum atomic E-state index is -0.186. The van der Waals surface area contributed by atoms with Crippen molar-refractivity contribution in [2.24, 2.45) is 0 Å². The summed E-state index contributed by atoms with van der Waals surface area (Å²) in [7, 11) is 0. The van der Waals surface area contributed by atoms with E-state index in [9.17, 15) is 0 Å². The Morgan fingerprint density at radius 3 is 1.18 bits per heavy atom. The van der Waals surface area contributed by atoms with E-state index < -0.39 is 0 Å². The van der Waals surface area contributed by atoms with E-state index in [0.29, 0.717) is 11.6 Å². The van der Waals surface area contributed by atoms with Crippen LogP contribution in [0.15, 0.2) is 455 Å². The summed E-state index contributed by atoms with van der Waals surface area (Å²) in [5.41, 5.74) is 30.4. The van der Waals surface area contributed by atoms with E-state index in [0.717, 1.165) is 99.8 Å². The molecule has 29 aromatic rings. The Hall–Kier alpha value is -18.2. The van der Waals surface area contributed by atoms with Crippen molar-refractivity contribution in [1.29, 1.82) is 0 Å². The van der Waals surface area contributed by atoms with Crippen LogP contribution in [0.1, 0.15) is 25.0 Å². The van der Waals surface area contributed by atoms with Crippen molar-refractivity contribution in [2.75, 3.05) is 0 Å². The van der Waals surface area contributed by atoms with E-state index in [1.54, 1.807) is 0 Å². The molecular formula is C129H81N9. The van der Waals surface area contributed by atoms with Crippen molar-refractivity contribution in [3.8, 4) is 84.9 Å². The summed E-state index contributed by atoms with van der Waals surface area (Å²) in [5, 5.41) is 26.6. The topological polar surface area (TPSA) is 76.2 Å². The van der Waals surface area contributed by atoms with Crippen molar-refractivity contribution in [1.82, 2.24) is 42.8 Å². The molecule has 0 unspecified atom stereocenters. The molecule has 0 saturated heterocycles. The molecule has 1 aliphatic carbocycles. The van der Waals surface area contributed by atoms with Crippen LogP contribution in [-0.4, -0.2) is 42.8 Å². The van der Waals surface area contributed by atoms with E-state index in [4.69, 9.17) is 19.9 Å². The summed E-state index contributed by atoms with van der Waals surface area (Å²) in [6.45, 7) is 4.69. The maximum Gasteiger partial charge on any atom is 0.160 e. The predicted octanol–water partition coefficient (Wildman–Crippen LogP) is 33.5. The minimum Gasteiger partial charge on any atom is -0.309 e. The van der Waals surface area contributed by atoms with E-state index in [1.165, 1.54) is 169 Å². The fraction of sp³-hybridized carbons (Fsp3) is 0.0233. The first-order valence-electron chi connectivity index (χ1n) is 47.5. The van der Waals surface area contributed by atoms with Crippen LogP contribution in [0.2, 0.25) is 0 Å². The zero-order chi connectivity index (χ0) is 90.7. The molecule has 0 radical (unpaired) electrons. The number of fused-ring (bicyclic) bond motifs is 27. The molecule has 22 aromatic carbocycles.